The monoisotopic (exact) mass is 349 g/mol. The Kier molecular flexibility index (Phi) is 4.29. The summed E-state index contributed by atoms with van der Waals surface area (Å²) in [5.74, 6) is -0.630. The van der Waals surface area contributed by atoms with Crippen LogP contribution in [-0.4, -0.2) is 22.7 Å². The molecule has 26 heavy (non-hydrogen) atoms. The van der Waals surface area contributed by atoms with Crippen molar-refractivity contribution in [1.29, 1.82) is 0 Å². The van der Waals surface area contributed by atoms with Gasteiger partial charge in [-0.2, -0.15) is 0 Å². The predicted molar refractivity (Wildman–Crippen MR) is 101 cm³/mol. The summed E-state index contributed by atoms with van der Waals surface area (Å²) in [6.45, 7) is 2.53. The van der Waals surface area contributed by atoms with E-state index in [-0.39, 0.29) is 12.3 Å². The summed E-state index contributed by atoms with van der Waals surface area (Å²) in [5, 5.41) is 10.6. The molecule has 2 N–H and O–H groups in total. The van der Waals surface area contributed by atoms with Crippen molar-refractivity contribution >= 4 is 16.9 Å². The molecule has 4 nitrogen and oxygen atoms in total. The molecule has 0 unspecified atom stereocenters. The lowest BCUT2D eigenvalue weighted by Gasteiger charge is -2.39. The highest BCUT2D eigenvalue weighted by Crippen LogP contribution is 2.46. The number of para-hydroxylation sites is 1. The van der Waals surface area contributed by atoms with Crippen LogP contribution in [0.15, 0.2) is 54.6 Å². The maximum Gasteiger partial charge on any atom is 0.306 e. The molecule has 2 heterocycles. The number of rotatable bonds is 5. The van der Waals surface area contributed by atoms with Gasteiger partial charge in [0.05, 0.1) is 18.7 Å². The molecule has 0 radical (unpaired) electrons. The molecular weight excluding hydrogens is 326 g/mol. The van der Waals surface area contributed by atoms with Gasteiger partial charge in [-0.1, -0.05) is 55.5 Å². The second-order valence-electron chi connectivity index (χ2n) is 7.08. The number of carbonyl (C=O) groups is 1. The molecule has 1 aliphatic heterocycles. The summed E-state index contributed by atoms with van der Waals surface area (Å²) in [5.41, 5.74) is 3.69. The van der Waals surface area contributed by atoms with Crippen LogP contribution in [0.2, 0.25) is 0 Å². The van der Waals surface area contributed by atoms with Crippen LogP contribution in [0.25, 0.3) is 10.9 Å². The lowest BCUT2D eigenvalue weighted by molar-refractivity contribution is -0.149. The largest absolute Gasteiger partial charge is 0.481 e. The number of aromatic amines is 1. The van der Waals surface area contributed by atoms with E-state index in [4.69, 9.17) is 4.74 Å². The number of ether oxygens (including phenoxy) is 1. The van der Waals surface area contributed by atoms with Crippen LogP contribution in [-0.2, 0) is 21.6 Å². The van der Waals surface area contributed by atoms with Gasteiger partial charge in [-0.3, -0.25) is 4.79 Å². The first-order chi connectivity index (χ1) is 12.6. The molecule has 1 aliphatic rings. The van der Waals surface area contributed by atoms with E-state index in [1.165, 1.54) is 16.5 Å². The van der Waals surface area contributed by atoms with Crippen LogP contribution < -0.4 is 0 Å². The molecular formula is C22H23NO3. The van der Waals surface area contributed by atoms with Gasteiger partial charge < -0.3 is 14.8 Å². The smallest absolute Gasteiger partial charge is 0.306 e. The van der Waals surface area contributed by atoms with Crippen LogP contribution in [0.3, 0.4) is 0 Å². The number of aromatic nitrogens is 1. The maximum atomic E-state index is 11.5. The molecule has 0 fully saturated rings. The van der Waals surface area contributed by atoms with E-state index in [0.29, 0.717) is 13.0 Å². The van der Waals surface area contributed by atoms with Gasteiger partial charge in [0.15, 0.2) is 0 Å². The second-order valence-corrected chi connectivity index (χ2v) is 7.08. The van der Waals surface area contributed by atoms with Gasteiger partial charge in [0.2, 0.25) is 0 Å². The minimum Gasteiger partial charge on any atom is -0.481 e. The number of carboxylic acids is 1. The van der Waals surface area contributed by atoms with Crippen molar-refractivity contribution in [2.24, 2.45) is 0 Å². The van der Waals surface area contributed by atoms with Gasteiger partial charge in [0, 0.05) is 16.8 Å². The quantitative estimate of drug-likeness (QED) is 0.707. The molecule has 1 aromatic heterocycles. The van der Waals surface area contributed by atoms with Crippen molar-refractivity contribution in [3.63, 3.8) is 0 Å². The zero-order valence-electron chi connectivity index (χ0n) is 14.9. The molecule has 2 aromatic carbocycles. The number of nitrogens with one attached hydrogen (secondary N) is 1. The van der Waals surface area contributed by atoms with Gasteiger partial charge >= 0.3 is 5.97 Å². The highest BCUT2D eigenvalue weighted by molar-refractivity contribution is 5.86. The topological polar surface area (TPSA) is 62.3 Å². The molecule has 0 spiro atoms. The van der Waals surface area contributed by atoms with E-state index < -0.39 is 11.6 Å². The lowest BCUT2D eigenvalue weighted by Crippen LogP contribution is -2.39. The number of aliphatic carboxylic acids is 1. The van der Waals surface area contributed by atoms with E-state index in [1.54, 1.807) is 0 Å². The lowest BCUT2D eigenvalue weighted by atomic mass is 9.80. The first kappa shape index (κ1) is 16.9. The van der Waals surface area contributed by atoms with Gasteiger partial charge in [-0.15, -0.1) is 0 Å². The third kappa shape index (κ3) is 2.80. The Morgan fingerprint density at radius 3 is 2.65 bits per heavy atom. The number of fused-ring (bicyclic) bond motifs is 3. The van der Waals surface area contributed by atoms with E-state index in [1.807, 2.05) is 25.1 Å². The van der Waals surface area contributed by atoms with Gasteiger partial charge in [-0.05, 0) is 30.0 Å². The molecule has 0 saturated carbocycles. The van der Waals surface area contributed by atoms with Crippen LogP contribution in [0.4, 0.5) is 0 Å². The fraction of sp³-hybridized carbons (Fsp3) is 0.318. The van der Waals surface area contributed by atoms with Crippen molar-refractivity contribution in [3.05, 3.63) is 71.4 Å². The van der Waals surface area contributed by atoms with Gasteiger partial charge in [0.25, 0.3) is 0 Å². The number of hydrogen-bond acceptors (Lipinski definition) is 2. The molecule has 4 heteroatoms. The van der Waals surface area contributed by atoms with Gasteiger partial charge in [0.1, 0.15) is 5.60 Å². The Balaban J connectivity index is 1.85. The average molecular weight is 349 g/mol. The zero-order valence-corrected chi connectivity index (χ0v) is 14.9. The fourth-order valence-electron chi connectivity index (χ4n) is 4.21. The van der Waals surface area contributed by atoms with Crippen molar-refractivity contribution in [1.82, 2.24) is 4.98 Å². The highest BCUT2D eigenvalue weighted by atomic mass is 16.5. The van der Waals surface area contributed by atoms with Crippen molar-refractivity contribution in [2.75, 3.05) is 6.61 Å². The summed E-state index contributed by atoms with van der Waals surface area (Å²) >= 11 is 0. The maximum absolute atomic E-state index is 11.5. The summed E-state index contributed by atoms with van der Waals surface area (Å²) in [6, 6.07) is 18.6. The number of hydrogen-bond donors (Lipinski definition) is 2. The number of benzene rings is 2. The standard InChI is InChI=1S/C22H23NO3/c1-2-22(13-19(24)25)21-20(17-10-6-7-11-18(17)23-21)16(14-26-22)12-15-8-4-3-5-9-15/h3-11,16,23H,2,12-14H2,1H3,(H,24,25)/t16-,22+/m1/s1. The first-order valence-corrected chi connectivity index (χ1v) is 9.14. The molecule has 0 bridgehead atoms. The van der Waals surface area contributed by atoms with Crippen molar-refractivity contribution < 1.29 is 14.6 Å². The Hall–Kier alpha value is -2.59. The molecule has 0 saturated heterocycles. The highest BCUT2D eigenvalue weighted by Gasteiger charge is 2.43. The third-order valence-electron chi connectivity index (χ3n) is 5.50. The SMILES string of the molecule is CC[C@@]1(CC(=O)O)OC[C@@H](Cc2ccccc2)c2c1[nH]c1ccccc21. The van der Waals surface area contributed by atoms with E-state index in [0.717, 1.165) is 17.6 Å². The van der Waals surface area contributed by atoms with Crippen LogP contribution in [0.5, 0.6) is 0 Å². The summed E-state index contributed by atoms with van der Waals surface area (Å²) < 4.78 is 6.25. The average Bonchev–Trinajstić information content (AvgIpc) is 3.05. The van der Waals surface area contributed by atoms with Crippen LogP contribution in [0, 0.1) is 0 Å². The fourth-order valence-corrected chi connectivity index (χ4v) is 4.21. The normalized spacial score (nSPS) is 22.3. The summed E-state index contributed by atoms with van der Waals surface area (Å²) in [7, 11) is 0. The second kappa shape index (κ2) is 6.61. The Morgan fingerprint density at radius 1 is 1.19 bits per heavy atom. The number of carboxylic acid groups (broad SMARTS) is 1. The molecule has 3 aromatic rings. The van der Waals surface area contributed by atoms with Crippen LogP contribution >= 0.6 is 0 Å². The van der Waals surface area contributed by atoms with Crippen LogP contribution in [0.1, 0.15) is 42.5 Å². The van der Waals surface area contributed by atoms with E-state index in [9.17, 15) is 9.90 Å². The molecule has 0 amide bonds. The predicted octanol–water partition coefficient (Wildman–Crippen LogP) is 4.60. The minimum absolute atomic E-state index is 0.0264. The molecule has 2 atom stereocenters. The molecule has 4 rings (SSSR count). The summed E-state index contributed by atoms with van der Waals surface area (Å²) in [6.07, 6.45) is 1.47. The molecule has 0 aliphatic carbocycles. The third-order valence-corrected chi connectivity index (χ3v) is 5.50. The van der Waals surface area contributed by atoms with E-state index in [2.05, 4.69) is 41.4 Å². The molecule has 134 valence electrons. The zero-order chi connectivity index (χ0) is 18.1. The van der Waals surface area contributed by atoms with Crippen molar-refractivity contribution in [3.8, 4) is 0 Å². The number of H-pyrrole nitrogens is 1. The van der Waals surface area contributed by atoms with Crippen molar-refractivity contribution in [2.45, 2.75) is 37.7 Å². The first-order valence-electron chi connectivity index (χ1n) is 9.14. The Morgan fingerprint density at radius 2 is 1.92 bits per heavy atom. The summed E-state index contributed by atoms with van der Waals surface area (Å²) in [4.78, 5) is 15.0. The van der Waals surface area contributed by atoms with E-state index >= 15 is 0 Å². The van der Waals surface area contributed by atoms with Gasteiger partial charge in [-0.25, -0.2) is 0 Å². The minimum atomic E-state index is -0.835. The Labute approximate surface area is 152 Å². The Bertz CT molecular complexity index is 931.